The number of carbonyl (C=O) groups is 1. The second kappa shape index (κ2) is 4.88. The van der Waals surface area contributed by atoms with Gasteiger partial charge in [-0.05, 0) is 18.4 Å². The van der Waals surface area contributed by atoms with Gasteiger partial charge in [-0.1, -0.05) is 44.2 Å². The average molecular weight is 232 g/mol. The van der Waals surface area contributed by atoms with E-state index < -0.39 is 0 Å². The van der Waals surface area contributed by atoms with E-state index in [0.717, 1.165) is 12.1 Å². The van der Waals surface area contributed by atoms with Crippen LogP contribution in [0.3, 0.4) is 0 Å². The molecule has 3 heteroatoms. The fourth-order valence-corrected chi connectivity index (χ4v) is 2.27. The minimum Gasteiger partial charge on any atom is -0.321 e. The van der Waals surface area contributed by atoms with Gasteiger partial charge >= 0.3 is 0 Å². The molecule has 1 N–H and O–H groups in total. The molecule has 0 spiro atoms. The van der Waals surface area contributed by atoms with E-state index in [1.807, 2.05) is 30.0 Å². The Morgan fingerprint density at radius 2 is 1.94 bits per heavy atom. The topological polar surface area (TPSA) is 32.3 Å². The molecule has 1 aromatic rings. The van der Waals surface area contributed by atoms with E-state index in [2.05, 4.69) is 31.3 Å². The second-order valence-corrected chi connectivity index (χ2v) is 5.09. The zero-order valence-corrected chi connectivity index (χ0v) is 10.7. The van der Waals surface area contributed by atoms with E-state index in [9.17, 15) is 4.79 Å². The third-order valence-electron chi connectivity index (χ3n) is 3.05. The van der Waals surface area contributed by atoms with Gasteiger partial charge in [0.05, 0.1) is 6.04 Å². The van der Waals surface area contributed by atoms with Crippen molar-refractivity contribution in [1.29, 1.82) is 0 Å². The zero-order chi connectivity index (χ0) is 12.4. The van der Waals surface area contributed by atoms with Crippen LogP contribution < -0.4 is 5.32 Å². The third kappa shape index (κ3) is 2.50. The van der Waals surface area contributed by atoms with Crippen LogP contribution in [0.25, 0.3) is 0 Å². The SMILES string of the molecule is CC(C)CN1C(=O)C(C)NC1c1ccccc1. The Kier molecular flexibility index (Phi) is 3.48. The number of rotatable bonds is 3. The maximum absolute atomic E-state index is 12.1. The molecule has 92 valence electrons. The maximum atomic E-state index is 12.1. The minimum absolute atomic E-state index is 0.0288. The molecule has 0 bridgehead atoms. The fourth-order valence-electron chi connectivity index (χ4n) is 2.27. The van der Waals surface area contributed by atoms with Crippen LogP contribution in [0.1, 0.15) is 32.5 Å². The predicted molar refractivity (Wildman–Crippen MR) is 68.3 cm³/mol. The van der Waals surface area contributed by atoms with Crippen molar-refractivity contribution in [2.45, 2.75) is 33.0 Å². The molecular weight excluding hydrogens is 212 g/mol. The molecule has 1 heterocycles. The Balaban J connectivity index is 2.23. The van der Waals surface area contributed by atoms with E-state index in [4.69, 9.17) is 0 Å². The lowest BCUT2D eigenvalue weighted by Crippen LogP contribution is -2.33. The van der Waals surface area contributed by atoms with Gasteiger partial charge in [0.1, 0.15) is 6.17 Å². The zero-order valence-electron chi connectivity index (χ0n) is 10.7. The summed E-state index contributed by atoms with van der Waals surface area (Å²) in [5.74, 6) is 0.685. The lowest BCUT2D eigenvalue weighted by atomic mass is 10.1. The summed E-state index contributed by atoms with van der Waals surface area (Å²) in [5.41, 5.74) is 1.16. The first kappa shape index (κ1) is 12.1. The van der Waals surface area contributed by atoms with Crippen LogP contribution in [0.5, 0.6) is 0 Å². The van der Waals surface area contributed by atoms with E-state index in [0.29, 0.717) is 5.92 Å². The number of benzene rings is 1. The van der Waals surface area contributed by atoms with E-state index in [1.165, 1.54) is 0 Å². The van der Waals surface area contributed by atoms with Crippen LogP contribution in [0.2, 0.25) is 0 Å². The van der Waals surface area contributed by atoms with Crippen molar-refractivity contribution in [2.24, 2.45) is 5.92 Å². The number of nitrogens with zero attached hydrogens (tertiary/aromatic N) is 1. The summed E-state index contributed by atoms with van der Waals surface area (Å²) in [6, 6.07) is 10.1. The largest absolute Gasteiger partial charge is 0.321 e. The molecule has 0 saturated carbocycles. The Morgan fingerprint density at radius 3 is 2.53 bits per heavy atom. The number of nitrogens with one attached hydrogen (secondary N) is 1. The molecule has 17 heavy (non-hydrogen) atoms. The van der Waals surface area contributed by atoms with Crippen LogP contribution in [0, 0.1) is 5.92 Å². The predicted octanol–water partition coefficient (Wildman–Crippen LogP) is 2.16. The van der Waals surface area contributed by atoms with E-state index in [1.54, 1.807) is 0 Å². The smallest absolute Gasteiger partial charge is 0.241 e. The summed E-state index contributed by atoms with van der Waals surface area (Å²) in [6.07, 6.45) is 0.0288. The molecule has 2 atom stereocenters. The van der Waals surface area contributed by atoms with Gasteiger partial charge in [-0.15, -0.1) is 0 Å². The first-order valence-corrected chi connectivity index (χ1v) is 6.21. The molecule has 0 aromatic heterocycles. The van der Waals surface area contributed by atoms with Crippen molar-refractivity contribution >= 4 is 5.91 Å². The van der Waals surface area contributed by atoms with Crippen LogP contribution in [-0.2, 0) is 4.79 Å². The molecule has 2 rings (SSSR count). The molecule has 3 nitrogen and oxygen atoms in total. The van der Waals surface area contributed by atoms with Crippen molar-refractivity contribution in [2.75, 3.05) is 6.54 Å². The third-order valence-corrected chi connectivity index (χ3v) is 3.05. The van der Waals surface area contributed by atoms with Gasteiger partial charge in [-0.3, -0.25) is 10.1 Å². The van der Waals surface area contributed by atoms with Gasteiger partial charge in [0.2, 0.25) is 5.91 Å². The van der Waals surface area contributed by atoms with Crippen LogP contribution in [0.4, 0.5) is 0 Å². The van der Waals surface area contributed by atoms with Gasteiger partial charge in [0.15, 0.2) is 0 Å². The Bertz CT molecular complexity index is 388. The van der Waals surface area contributed by atoms with Crippen LogP contribution >= 0.6 is 0 Å². The van der Waals surface area contributed by atoms with Gasteiger partial charge in [-0.2, -0.15) is 0 Å². The van der Waals surface area contributed by atoms with Gasteiger partial charge < -0.3 is 4.90 Å². The van der Waals surface area contributed by atoms with Crippen LogP contribution in [0.15, 0.2) is 30.3 Å². The summed E-state index contributed by atoms with van der Waals surface area (Å²) in [5, 5.41) is 3.35. The summed E-state index contributed by atoms with van der Waals surface area (Å²) in [7, 11) is 0. The Labute approximate surface area is 103 Å². The normalized spacial score (nSPS) is 24.7. The lowest BCUT2D eigenvalue weighted by Gasteiger charge is -2.26. The van der Waals surface area contributed by atoms with Crippen molar-refractivity contribution < 1.29 is 4.79 Å². The highest BCUT2D eigenvalue weighted by Gasteiger charge is 2.36. The monoisotopic (exact) mass is 232 g/mol. The molecule has 0 aliphatic carbocycles. The highest BCUT2D eigenvalue weighted by atomic mass is 16.2. The number of carbonyl (C=O) groups excluding carboxylic acids is 1. The molecule has 1 amide bonds. The summed E-state index contributed by atoms with van der Waals surface area (Å²) < 4.78 is 0. The molecule has 0 radical (unpaired) electrons. The first-order valence-electron chi connectivity index (χ1n) is 6.21. The average Bonchev–Trinajstić information content (AvgIpc) is 2.58. The number of hydrogen-bond donors (Lipinski definition) is 1. The fraction of sp³-hybridized carbons (Fsp3) is 0.500. The Morgan fingerprint density at radius 1 is 1.29 bits per heavy atom. The van der Waals surface area contributed by atoms with Crippen molar-refractivity contribution in [3.8, 4) is 0 Å². The molecule has 1 aliphatic rings. The molecule has 1 fully saturated rings. The van der Waals surface area contributed by atoms with Gasteiger partial charge in [0.25, 0.3) is 0 Å². The summed E-state index contributed by atoms with van der Waals surface area (Å²) in [6.45, 7) is 7.00. The lowest BCUT2D eigenvalue weighted by molar-refractivity contribution is -0.130. The van der Waals surface area contributed by atoms with E-state index >= 15 is 0 Å². The summed E-state index contributed by atoms with van der Waals surface area (Å²) in [4.78, 5) is 14.0. The van der Waals surface area contributed by atoms with Crippen molar-refractivity contribution in [3.05, 3.63) is 35.9 Å². The standard InChI is InChI=1S/C14H20N2O/c1-10(2)9-16-13(15-11(3)14(16)17)12-7-5-4-6-8-12/h4-8,10-11,13,15H,9H2,1-3H3. The molecule has 1 saturated heterocycles. The summed E-state index contributed by atoms with van der Waals surface area (Å²) >= 11 is 0. The minimum atomic E-state index is -0.0843. The van der Waals surface area contributed by atoms with E-state index in [-0.39, 0.29) is 18.1 Å². The Hall–Kier alpha value is -1.35. The molecule has 1 aliphatic heterocycles. The van der Waals surface area contributed by atoms with Gasteiger partial charge in [-0.25, -0.2) is 0 Å². The molecule has 1 aromatic carbocycles. The molecule has 2 unspecified atom stereocenters. The second-order valence-electron chi connectivity index (χ2n) is 5.09. The number of amides is 1. The highest BCUT2D eigenvalue weighted by molar-refractivity contribution is 5.84. The van der Waals surface area contributed by atoms with Gasteiger partial charge in [0, 0.05) is 6.54 Å². The van der Waals surface area contributed by atoms with Crippen molar-refractivity contribution in [3.63, 3.8) is 0 Å². The highest BCUT2D eigenvalue weighted by Crippen LogP contribution is 2.25. The first-order chi connectivity index (χ1) is 8.09. The molecular formula is C14H20N2O. The quantitative estimate of drug-likeness (QED) is 0.866. The van der Waals surface area contributed by atoms with Crippen LogP contribution in [-0.4, -0.2) is 23.4 Å². The van der Waals surface area contributed by atoms with Crippen molar-refractivity contribution in [1.82, 2.24) is 10.2 Å². The number of hydrogen-bond acceptors (Lipinski definition) is 2. The maximum Gasteiger partial charge on any atom is 0.241 e.